The van der Waals surface area contributed by atoms with Crippen LogP contribution in [0.3, 0.4) is 0 Å². The van der Waals surface area contributed by atoms with Gasteiger partial charge in [-0.05, 0) is 22.6 Å². The fourth-order valence-electron chi connectivity index (χ4n) is 2.40. The quantitative estimate of drug-likeness (QED) is 0.667. The third-order valence-electron chi connectivity index (χ3n) is 3.36. The van der Waals surface area contributed by atoms with Crippen molar-refractivity contribution in [2.24, 2.45) is 5.84 Å². The Labute approximate surface area is 119 Å². The van der Waals surface area contributed by atoms with Crippen LogP contribution in [0, 0.1) is 5.82 Å². The van der Waals surface area contributed by atoms with Crippen molar-refractivity contribution >= 4 is 0 Å². The fraction of sp³-hybridized carbons (Fsp3) is 0.312. The second-order valence-electron chi connectivity index (χ2n) is 5.83. The van der Waals surface area contributed by atoms with Crippen LogP contribution >= 0.6 is 0 Å². The zero-order chi connectivity index (χ0) is 14.8. The van der Waals surface area contributed by atoms with Crippen LogP contribution < -0.4 is 11.3 Å². The Hall–Kier alpha value is -1.78. The summed E-state index contributed by atoms with van der Waals surface area (Å²) in [6.07, 6.45) is 2.78. The summed E-state index contributed by atoms with van der Waals surface area (Å²) in [5.41, 5.74) is 5.29. The molecule has 2 rings (SSSR count). The molecule has 1 atom stereocenters. The lowest BCUT2D eigenvalue weighted by molar-refractivity contribution is 0.532. The topological polar surface area (TPSA) is 50.9 Å². The van der Waals surface area contributed by atoms with Crippen LogP contribution in [-0.2, 0) is 5.41 Å². The molecule has 0 aliphatic carbocycles. The molecule has 1 unspecified atom stereocenters. The molecule has 0 aliphatic heterocycles. The van der Waals surface area contributed by atoms with Gasteiger partial charge in [-0.25, -0.2) is 9.82 Å². The SMILES string of the molecule is CC(C)(C)c1ccccc1C(NN)c1ccncc1F. The predicted octanol–water partition coefficient (Wildman–Crippen LogP) is 3.07. The summed E-state index contributed by atoms with van der Waals surface area (Å²) in [5, 5.41) is 0. The van der Waals surface area contributed by atoms with Gasteiger partial charge in [0.1, 0.15) is 5.82 Å². The van der Waals surface area contributed by atoms with E-state index in [4.69, 9.17) is 5.84 Å². The number of pyridine rings is 1. The van der Waals surface area contributed by atoms with Crippen LogP contribution in [0.5, 0.6) is 0 Å². The van der Waals surface area contributed by atoms with Crippen LogP contribution in [0.15, 0.2) is 42.7 Å². The number of halogens is 1. The van der Waals surface area contributed by atoms with E-state index in [1.807, 2.05) is 18.2 Å². The highest BCUT2D eigenvalue weighted by Gasteiger charge is 2.24. The van der Waals surface area contributed by atoms with Gasteiger partial charge in [-0.2, -0.15) is 0 Å². The molecule has 0 saturated heterocycles. The Morgan fingerprint density at radius 3 is 2.45 bits per heavy atom. The van der Waals surface area contributed by atoms with Crippen LogP contribution in [0.4, 0.5) is 4.39 Å². The molecular formula is C16H20FN3. The summed E-state index contributed by atoms with van der Waals surface area (Å²) in [5.74, 6) is 5.32. The maximum Gasteiger partial charge on any atom is 0.146 e. The Morgan fingerprint density at radius 2 is 1.85 bits per heavy atom. The summed E-state index contributed by atoms with van der Waals surface area (Å²) >= 11 is 0. The van der Waals surface area contributed by atoms with E-state index in [1.165, 1.54) is 6.20 Å². The number of nitrogens with two attached hydrogens (primary N) is 1. The van der Waals surface area contributed by atoms with Crippen molar-refractivity contribution in [3.8, 4) is 0 Å². The number of benzene rings is 1. The van der Waals surface area contributed by atoms with E-state index in [0.29, 0.717) is 5.56 Å². The molecule has 1 aromatic carbocycles. The predicted molar refractivity (Wildman–Crippen MR) is 78.5 cm³/mol. The smallest absolute Gasteiger partial charge is 0.146 e. The zero-order valence-corrected chi connectivity index (χ0v) is 12.0. The lowest BCUT2D eigenvalue weighted by Crippen LogP contribution is -2.31. The van der Waals surface area contributed by atoms with Crippen molar-refractivity contribution in [1.82, 2.24) is 10.4 Å². The van der Waals surface area contributed by atoms with Gasteiger partial charge in [0.15, 0.2) is 0 Å². The van der Waals surface area contributed by atoms with Gasteiger partial charge in [0, 0.05) is 11.8 Å². The molecule has 0 fully saturated rings. The van der Waals surface area contributed by atoms with Gasteiger partial charge in [0.25, 0.3) is 0 Å². The van der Waals surface area contributed by atoms with E-state index >= 15 is 0 Å². The van der Waals surface area contributed by atoms with E-state index in [1.54, 1.807) is 12.3 Å². The highest BCUT2D eigenvalue weighted by Crippen LogP contribution is 2.32. The second kappa shape index (κ2) is 5.69. The molecule has 3 N–H and O–H groups in total. The normalized spacial score (nSPS) is 13.2. The number of nitrogens with one attached hydrogen (secondary N) is 1. The van der Waals surface area contributed by atoms with Crippen molar-refractivity contribution in [2.75, 3.05) is 0 Å². The first kappa shape index (κ1) is 14.6. The molecule has 2 aromatic rings. The lowest BCUT2D eigenvalue weighted by Gasteiger charge is -2.27. The maximum absolute atomic E-state index is 14.0. The monoisotopic (exact) mass is 273 g/mol. The van der Waals surface area contributed by atoms with Gasteiger partial charge >= 0.3 is 0 Å². The largest absolute Gasteiger partial charge is 0.271 e. The van der Waals surface area contributed by atoms with Gasteiger partial charge in [-0.1, -0.05) is 45.0 Å². The van der Waals surface area contributed by atoms with Gasteiger partial charge in [-0.15, -0.1) is 0 Å². The average molecular weight is 273 g/mol. The molecule has 20 heavy (non-hydrogen) atoms. The first-order valence-electron chi connectivity index (χ1n) is 6.60. The number of aromatic nitrogens is 1. The van der Waals surface area contributed by atoms with Crippen molar-refractivity contribution in [1.29, 1.82) is 0 Å². The Morgan fingerprint density at radius 1 is 1.15 bits per heavy atom. The third kappa shape index (κ3) is 2.86. The fourth-order valence-corrected chi connectivity index (χ4v) is 2.40. The van der Waals surface area contributed by atoms with Crippen LogP contribution in [0.2, 0.25) is 0 Å². The Bertz CT molecular complexity index is 590. The van der Waals surface area contributed by atoms with Crippen molar-refractivity contribution in [2.45, 2.75) is 32.2 Å². The van der Waals surface area contributed by atoms with Crippen molar-refractivity contribution in [3.63, 3.8) is 0 Å². The second-order valence-corrected chi connectivity index (χ2v) is 5.83. The van der Waals surface area contributed by atoms with E-state index in [0.717, 1.165) is 11.1 Å². The standard InChI is InChI=1S/C16H20FN3/c1-16(2,3)13-7-5-4-6-11(13)15(20-18)12-8-9-19-10-14(12)17/h4-10,15,20H,18H2,1-3H3. The van der Waals surface area contributed by atoms with Gasteiger partial charge in [0.05, 0.1) is 12.2 Å². The molecule has 0 radical (unpaired) electrons. The maximum atomic E-state index is 14.0. The highest BCUT2D eigenvalue weighted by atomic mass is 19.1. The summed E-state index contributed by atoms with van der Waals surface area (Å²) in [7, 11) is 0. The molecule has 3 nitrogen and oxygen atoms in total. The molecule has 106 valence electrons. The summed E-state index contributed by atoms with van der Waals surface area (Å²) < 4.78 is 14.0. The summed E-state index contributed by atoms with van der Waals surface area (Å²) in [6, 6.07) is 9.21. The zero-order valence-electron chi connectivity index (χ0n) is 12.0. The number of hydrogen-bond acceptors (Lipinski definition) is 3. The molecule has 0 spiro atoms. The van der Waals surface area contributed by atoms with E-state index in [9.17, 15) is 4.39 Å². The van der Waals surface area contributed by atoms with E-state index in [-0.39, 0.29) is 11.2 Å². The van der Waals surface area contributed by atoms with Crippen LogP contribution in [0.25, 0.3) is 0 Å². The molecule has 4 heteroatoms. The minimum atomic E-state index is -0.395. The van der Waals surface area contributed by atoms with Gasteiger partial charge < -0.3 is 0 Å². The minimum absolute atomic E-state index is 0.0464. The molecule has 1 aromatic heterocycles. The summed E-state index contributed by atoms with van der Waals surface area (Å²) in [6.45, 7) is 6.38. The molecule has 0 bridgehead atoms. The van der Waals surface area contributed by atoms with Gasteiger partial charge in [0.2, 0.25) is 0 Å². The van der Waals surface area contributed by atoms with Crippen LogP contribution in [0.1, 0.15) is 43.5 Å². The first-order valence-corrected chi connectivity index (χ1v) is 6.60. The third-order valence-corrected chi connectivity index (χ3v) is 3.36. The number of nitrogens with zero attached hydrogens (tertiary/aromatic N) is 1. The van der Waals surface area contributed by atoms with Crippen molar-refractivity contribution in [3.05, 3.63) is 65.2 Å². The number of rotatable bonds is 3. The molecule has 0 aliphatic rings. The van der Waals surface area contributed by atoms with Crippen molar-refractivity contribution < 1.29 is 4.39 Å². The lowest BCUT2D eigenvalue weighted by atomic mass is 9.81. The number of hydrazine groups is 1. The minimum Gasteiger partial charge on any atom is -0.271 e. The first-order chi connectivity index (χ1) is 9.45. The summed E-state index contributed by atoms with van der Waals surface area (Å²) in [4.78, 5) is 3.78. The Kier molecular flexibility index (Phi) is 4.16. The number of hydrogen-bond donors (Lipinski definition) is 2. The van der Waals surface area contributed by atoms with E-state index < -0.39 is 6.04 Å². The molecular weight excluding hydrogens is 253 g/mol. The molecule has 0 saturated carbocycles. The molecule has 1 heterocycles. The Balaban J connectivity index is 2.57. The highest BCUT2D eigenvalue weighted by molar-refractivity contribution is 5.40. The van der Waals surface area contributed by atoms with E-state index in [2.05, 4.69) is 37.2 Å². The van der Waals surface area contributed by atoms with Crippen LogP contribution in [-0.4, -0.2) is 4.98 Å². The average Bonchev–Trinajstić information content (AvgIpc) is 2.41. The molecule has 0 amide bonds. The van der Waals surface area contributed by atoms with Gasteiger partial charge in [-0.3, -0.25) is 10.8 Å².